The van der Waals surface area contributed by atoms with E-state index in [1.165, 1.54) is 0 Å². The lowest BCUT2D eigenvalue weighted by molar-refractivity contribution is 0.199. The number of rotatable bonds is 9. The fraction of sp³-hybridized carbons (Fsp3) is 0.471. The van der Waals surface area contributed by atoms with Crippen LogP contribution in [0.15, 0.2) is 22.7 Å². The molecule has 23 heavy (non-hydrogen) atoms. The molecule has 0 saturated carbocycles. The van der Waals surface area contributed by atoms with Gasteiger partial charge in [-0.05, 0) is 31.5 Å². The van der Waals surface area contributed by atoms with E-state index in [-0.39, 0.29) is 0 Å². The first-order valence-corrected chi connectivity index (χ1v) is 7.56. The highest BCUT2D eigenvalue weighted by atomic mass is 16.5. The summed E-state index contributed by atoms with van der Waals surface area (Å²) in [5, 5.41) is 7.23. The van der Waals surface area contributed by atoms with Gasteiger partial charge in [0.2, 0.25) is 0 Å². The van der Waals surface area contributed by atoms with Crippen LogP contribution in [-0.2, 0) is 17.9 Å². The summed E-state index contributed by atoms with van der Waals surface area (Å²) in [7, 11) is 3.33. The number of benzene rings is 1. The number of methoxy groups -OCH3 is 2. The van der Waals surface area contributed by atoms with E-state index in [9.17, 15) is 0 Å². The zero-order chi connectivity index (χ0) is 16.7. The molecule has 0 aliphatic rings. The largest absolute Gasteiger partial charge is 0.493 e. The molecular formula is C17H24N2O4. The Morgan fingerprint density at radius 1 is 1.17 bits per heavy atom. The standard InChI is InChI=1S/C17H24N2O4/c1-12-15(13(2)23-19-12)11-22-16-6-5-14(9-17(16)21-4)10-18-7-8-20-3/h5-6,9,18H,7-8,10-11H2,1-4H3. The fourth-order valence-corrected chi connectivity index (χ4v) is 2.21. The Kier molecular flexibility index (Phi) is 6.43. The van der Waals surface area contributed by atoms with Gasteiger partial charge in [0.05, 0.1) is 25.0 Å². The molecule has 126 valence electrons. The predicted molar refractivity (Wildman–Crippen MR) is 86.9 cm³/mol. The Labute approximate surface area is 136 Å². The van der Waals surface area contributed by atoms with Crippen LogP contribution in [-0.4, -0.2) is 32.5 Å². The van der Waals surface area contributed by atoms with E-state index in [2.05, 4.69) is 10.5 Å². The minimum atomic E-state index is 0.406. The Morgan fingerprint density at radius 3 is 2.65 bits per heavy atom. The highest BCUT2D eigenvalue weighted by Gasteiger charge is 2.12. The SMILES string of the molecule is COCCNCc1ccc(OCc2c(C)noc2C)c(OC)c1. The predicted octanol–water partition coefficient (Wildman–Crippen LogP) is 2.62. The molecule has 0 saturated heterocycles. The lowest BCUT2D eigenvalue weighted by Gasteiger charge is -2.12. The molecule has 6 nitrogen and oxygen atoms in total. The van der Waals surface area contributed by atoms with Crippen LogP contribution in [0.25, 0.3) is 0 Å². The molecule has 1 aromatic carbocycles. The third-order valence-corrected chi connectivity index (χ3v) is 3.59. The average molecular weight is 320 g/mol. The number of hydrogen-bond donors (Lipinski definition) is 1. The molecule has 0 spiro atoms. The van der Waals surface area contributed by atoms with Gasteiger partial charge < -0.3 is 24.1 Å². The van der Waals surface area contributed by atoms with E-state index < -0.39 is 0 Å². The summed E-state index contributed by atoms with van der Waals surface area (Å²) in [6.45, 7) is 6.44. The van der Waals surface area contributed by atoms with Crippen molar-refractivity contribution in [1.82, 2.24) is 10.5 Å². The molecule has 1 aromatic heterocycles. The molecule has 0 amide bonds. The van der Waals surface area contributed by atoms with Crippen LogP contribution in [0.4, 0.5) is 0 Å². The zero-order valence-electron chi connectivity index (χ0n) is 14.1. The van der Waals surface area contributed by atoms with Crippen molar-refractivity contribution in [3.05, 3.63) is 40.8 Å². The number of nitrogens with zero attached hydrogens (tertiary/aromatic N) is 1. The van der Waals surface area contributed by atoms with E-state index in [1.807, 2.05) is 32.0 Å². The molecule has 2 aromatic rings. The maximum atomic E-state index is 5.87. The summed E-state index contributed by atoms with van der Waals surface area (Å²) in [5.74, 6) is 2.19. The molecule has 0 fully saturated rings. The Balaban J connectivity index is 1.99. The summed E-state index contributed by atoms with van der Waals surface area (Å²) in [4.78, 5) is 0. The van der Waals surface area contributed by atoms with Crippen LogP contribution < -0.4 is 14.8 Å². The first-order valence-electron chi connectivity index (χ1n) is 7.56. The summed E-state index contributed by atoms with van der Waals surface area (Å²) in [6, 6.07) is 5.91. The molecule has 0 atom stereocenters. The molecule has 1 heterocycles. The lowest BCUT2D eigenvalue weighted by atomic mass is 10.2. The number of aryl methyl sites for hydroxylation is 2. The van der Waals surface area contributed by atoms with Gasteiger partial charge >= 0.3 is 0 Å². The second-order valence-electron chi connectivity index (χ2n) is 5.25. The molecule has 0 radical (unpaired) electrons. The normalized spacial score (nSPS) is 10.8. The maximum Gasteiger partial charge on any atom is 0.161 e. The van der Waals surface area contributed by atoms with Crippen LogP contribution >= 0.6 is 0 Å². The highest BCUT2D eigenvalue weighted by Crippen LogP contribution is 2.29. The van der Waals surface area contributed by atoms with Crippen LogP contribution in [0.1, 0.15) is 22.6 Å². The van der Waals surface area contributed by atoms with Crippen molar-refractivity contribution in [3.63, 3.8) is 0 Å². The number of hydrogen-bond acceptors (Lipinski definition) is 6. The van der Waals surface area contributed by atoms with Gasteiger partial charge in [-0.15, -0.1) is 0 Å². The van der Waals surface area contributed by atoms with Crippen LogP contribution in [0.2, 0.25) is 0 Å². The van der Waals surface area contributed by atoms with E-state index in [1.54, 1.807) is 14.2 Å². The first kappa shape index (κ1) is 17.3. The lowest BCUT2D eigenvalue weighted by Crippen LogP contribution is -2.18. The van der Waals surface area contributed by atoms with E-state index in [4.69, 9.17) is 18.7 Å². The summed E-state index contributed by atoms with van der Waals surface area (Å²) in [5.41, 5.74) is 2.94. The third kappa shape index (κ3) is 4.71. The smallest absolute Gasteiger partial charge is 0.161 e. The van der Waals surface area contributed by atoms with Crippen LogP contribution in [0, 0.1) is 13.8 Å². The Morgan fingerprint density at radius 2 is 2.00 bits per heavy atom. The number of nitrogens with one attached hydrogen (secondary N) is 1. The van der Waals surface area contributed by atoms with Gasteiger partial charge in [-0.25, -0.2) is 0 Å². The van der Waals surface area contributed by atoms with Crippen molar-refractivity contribution in [3.8, 4) is 11.5 Å². The second kappa shape index (κ2) is 8.55. The van der Waals surface area contributed by atoms with Gasteiger partial charge in [0.25, 0.3) is 0 Å². The van der Waals surface area contributed by atoms with Crippen molar-refractivity contribution < 1.29 is 18.7 Å². The first-order chi connectivity index (χ1) is 11.2. The molecule has 1 N–H and O–H groups in total. The Bertz CT molecular complexity index is 606. The summed E-state index contributed by atoms with van der Waals surface area (Å²) in [6.07, 6.45) is 0. The van der Waals surface area contributed by atoms with Crippen molar-refractivity contribution in [2.24, 2.45) is 0 Å². The van der Waals surface area contributed by atoms with E-state index in [0.29, 0.717) is 24.7 Å². The molecule has 6 heteroatoms. The van der Waals surface area contributed by atoms with Gasteiger partial charge in [0, 0.05) is 20.2 Å². The monoisotopic (exact) mass is 320 g/mol. The van der Waals surface area contributed by atoms with Gasteiger partial charge in [-0.3, -0.25) is 0 Å². The molecule has 0 aliphatic heterocycles. The summed E-state index contributed by atoms with van der Waals surface area (Å²) < 4.78 is 21.4. The van der Waals surface area contributed by atoms with Crippen LogP contribution in [0.3, 0.4) is 0 Å². The topological polar surface area (TPSA) is 65.8 Å². The van der Waals surface area contributed by atoms with Crippen molar-refractivity contribution in [2.75, 3.05) is 27.4 Å². The number of ether oxygens (including phenoxy) is 3. The van der Waals surface area contributed by atoms with Crippen molar-refractivity contribution in [1.29, 1.82) is 0 Å². The summed E-state index contributed by atoms with van der Waals surface area (Å²) >= 11 is 0. The highest BCUT2D eigenvalue weighted by molar-refractivity contribution is 5.43. The minimum absolute atomic E-state index is 0.406. The minimum Gasteiger partial charge on any atom is -0.493 e. The molecule has 2 rings (SSSR count). The average Bonchev–Trinajstić information content (AvgIpc) is 2.88. The van der Waals surface area contributed by atoms with Gasteiger partial charge in [-0.1, -0.05) is 11.2 Å². The van der Waals surface area contributed by atoms with Crippen molar-refractivity contribution >= 4 is 0 Å². The third-order valence-electron chi connectivity index (χ3n) is 3.59. The zero-order valence-corrected chi connectivity index (χ0v) is 14.1. The molecular weight excluding hydrogens is 296 g/mol. The van der Waals surface area contributed by atoms with Crippen molar-refractivity contribution in [2.45, 2.75) is 27.0 Å². The van der Waals surface area contributed by atoms with Gasteiger partial charge in [-0.2, -0.15) is 0 Å². The van der Waals surface area contributed by atoms with E-state index in [0.717, 1.165) is 35.7 Å². The molecule has 0 bridgehead atoms. The van der Waals surface area contributed by atoms with Gasteiger partial charge in [0.1, 0.15) is 12.4 Å². The van der Waals surface area contributed by atoms with Crippen LogP contribution in [0.5, 0.6) is 11.5 Å². The molecule has 0 aliphatic carbocycles. The second-order valence-corrected chi connectivity index (χ2v) is 5.25. The van der Waals surface area contributed by atoms with E-state index >= 15 is 0 Å². The quantitative estimate of drug-likeness (QED) is 0.717. The fourth-order valence-electron chi connectivity index (χ4n) is 2.21. The molecule has 0 unspecified atom stereocenters. The Hall–Kier alpha value is -2.05. The number of aromatic nitrogens is 1. The maximum absolute atomic E-state index is 5.87. The van der Waals surface area contributed by atoms with Gasteiger partial charge in [0.15, 0.2) is 11.5 Å².